The normalized spacial score (nSPS) is 13.5. The molecule has 1 nitrogen and oxygen atoms in total. The lowest BCUT2D eigenvalue weighted by Crippen LogP contribution is -2.29. The average molecular weight is 325 g/mol. The highest BCUT2D eigenvalue weighted by Crippen LogP contribution is 2.42. The van der Waals surface area contributed by atoms with Gasteiger partial charge in [0.1, 0.15) is 5.82 Å². The molecular weight excluding hydrogens is 297 g/mol. The van der Waals surface area contributed by atoms with E-state index in [1.165, 1.54) is 17.2 Å². The second-order valence-corrected chi connectivity index (χ2v) is 6.62. The van der Waals surface area contributed by atoms with Gasteiger partial charge < -0.3 is 4.98 Å². The summed E-state index contributed by atoms with van der Waals surface area (Å²) in [6.07, 6.45) is 2.03. The topological polar surface area (TPSA) is 15.8 Å². The summed E-state index contributed by atoms with van der Waals surface area (Å²) in [7, 11) is 0. The van der Waals surface area contributed by atoms with Gasteiger partial charge in [0.2, 0.25) is 0 Å². The van der Waals surface area contributed by atoms with E-state index in [1.807, 2.05) is 26.1 Å². The smallest absolute Gasteiger partial charge is 0.123 e. The third-order valence-electron chi connectivity index (χ3n) is 5.01. The van der Waals surface area contributed by atoms with Crippen LogP contribution >= 0.6 is 0 Å². The monoisotopic (exact) mass is 325 g/mol. The van der Waals surface area contributed by atoms with E-state index in [4.69, 9.17) is 0 Å². The molecule has 3 rings (SSSR count). The van der Waals surface area contributed by atoms with Crippen molar-refractivity contribution in [2.75, 3.05) is 0 Å². The molecule has 0 aliphatic carbocycles. The van der Waals surface area contributed by atoms with Gasteiger partial charge in [-0.1, -0.05) is 64.4 Å². The van der Waals surface area contributed by atoms with Gasteiger partial charge >= 0.3 is 0 Å². The summed E-state index contributed by atoms with van der Waals surface area (Å²) < 4.78 is 13.7. The van der Waals surface area contributed by atoms with E-state index in [-0.39, 0.29) is 11.2 Å². The second-order valence-electron chi connectivity index (χ2n) is 6.62. The molecule has 0 bridgehead atoms. The number of fused-ring (bicyclic) bond motifs is 1. The van der Waals surface area contributed by atoms with Crippen LogP contribution in [0.5, 0.6) is 0 Å². The van der Waals surface area contributed by atoms with Gasteiger partial charge in [0.05, 0.1) is 0 Å². The summed E-state index contributed by atoms with van der Waals surface area (Å²) in [5.41, 5.74) is 4.48. The highest BCUT2D eigenvalue weighted by molar-refractivity contribution is 5.85. The van der Waals surface area contributed by atoms with Crippen LogP contribution in [0, 0.1) is 18.7 Å². The first-order chi connectivity index (χ1) is 11.4. The van der Waals surface area contributed by atoms with Crippen LogP contribution in [0.25, 0.3) is 10.9 Å². The SMILES string of the molecule is CC.Cc1ccc(C(C)(c2c[nH]c3ccc(F)cc23)C(C)C)cc1. The molecule has 2 heteroatoms. The fourth-order valence-corrected chi connectivity index (χ4v) is 3.22. The van der Waals surface area contributed by atoms with Crippen molar-refractivity contribution < 1.29 is 4.39 Å². The number of benzene rings is 2. The Balaban J connectivity index is 0.00000100. The molecule has 0 aliphatic rings. The zero-order chi connectivity index (χ0) is 17.9. The van der Waals surface area contributed by atoms with Crippen molar-refractivity contribution in [3.8, 4) is 0 Å². The van der Waals surface area contributed by atoms with Gasteiger partial charge in [0.15, 0.2) is 0 Å². The highest BCUT2D eigenvalue weighted by atomic mass is 19.1. The standard InChI is InChI=1S/C20H22FN.C2H6/c1-13(2)20(4,15-7-5-14(3)6-8-15)18-12-22-19-10-9-16(21)11-17(18)19;1-2/h5-13,22H,1-4H3;1-2H3. The maximum absolute atomic E-state index is 13.7. The molecule has 1 N–H and O–H groups in total. The van der Waals surface area contributed by atoms with Gasteiger partial charge in [-0.25, -0.2) is 4.39 Å². The number of hydrogen-bond donors (Lipinski definition) is 1. The summed E-state index contributed by atoms with van der Waals surface area (Å²) in [5.74, 6) is 0.195. The molecule has 1 unspecified atom stereocenters. The summed E-state index contributed by atoms with van der Waals surface area (Å²) >= 11 is 0. The zero-order valence-corrected chi connectivity index (χ0v) is 15.6. The number of aromatic amines is 1. The van der Waals surface area contributed by atoms with E-state index < -0.39 is 0 Å². The van der Waals surface area contributed by atoms with Crippen LogP contribution in [0.1, 0.15) is 51.3 Å². The van der Waals surface area contributed by atoms with E-state index in [2.05, 4.69) is 56.9 Å². The van der Waals surface area contributed by atoms with Gasteiger partial charge in [-0.2, -0.15) is 0 Å². The van der Waals surface area contributed by atoms with E-state index >= 15 is 0 Å². The molecule has 0 saturated heterocycles. The van der Waals surface area contributed by atoms with Crippen LogP contribution in [-0.2, 0) is 5.41 Å². The lowest BCUT2D eigenvalue weighted by atomic mass is 9.68. The Morgan fingerprint density at radius 1 is 1.00 bits per heavy atom. The molecule has 3 aromatic rings. The Bertz CT molecular complexity index is 798. The molecule has 24 heavy (non-hydrogen) atoms. The highest BCUT2D eigenvalue weighted by Gasteiger charge is 2.34. The largest absolute Gasteiger partial charge is 0.361 e. The number of aryl methyl sites for hydroxylation is 1. The summed E-state index contributed by atoms with van der Waals surface area (Å²) in [6.45, 7) is 12.8. The van der Waals surface area contributed by atoms with Crippen LogP contribution in [-0.4, -0.2) is 4.98 Å². The minimum absolute atomic E-state index is 0.167. The molecular formula is C22H28FN. The molecule has 2 aromatic carbocycles. The Morgan fingerprint density at radius 2 is 1.62 bits per heavy atom. The molecule has 1 atom stereocenters. The van der Waals surface area contributed by atoms with Gasteiger partial charge in [-0.3, -0.25) is 0 Å². The van der Waals surface area contributed by atoms with Crippen LogP contribution in [0.2, 0.25) is 0 Å². The number of halogens is 1. The minimum Gasteiger partial charge on any atom is -0.361 e. The van der Waals surface area contributed by atoms with Crippen molar-refractivity contribution >= 4 is 10.9 Å². The maximum Gasteiger partial charge on any atom is 0.123 e. The lowest BCUT2D eigenvalue weighted by molar-refractivity contribution is 0.408. The first kappa shape index (κ1) is 18.3. The first-order valence-corrected chi connectivity index (χ1v) is 8.77. The first-order valence-electron chi connectivity index (χ1n) is 8.77. The molecule has 1 heterocycles. The number of H-pyrrole nitrogens is 1. The average Bonchev–Trinajstić information content (AvgIpc) is 3.00. The van der Waals surface area contributed by atoms with Crippen molar-refractivity contribution in [1.82, 2.24) is 4.98 Å². The number of aromatic nitrogens is 1. The van der Waals surface area contributed by atoms with Gasteiger partial charge in [-0.05, 0) is 42.2 Å². The van der Waals surface area contributed by atoms with Gasteiger partial charge in [0, 0.05) is 22.5 Å². The Labute approximate surface area is 144 Å². The fourth-order valence-electron chi connectivity index (χ4n) is 3.22. The predicted molar refractivity (Wildman–Crippen MR) is 102 cm³/mol. The van der Waals surface area contributed by atoms with Crippen molar-refractivity contribution in [2.24, 2.45) is 5.92 Å². The van der Waals surface area contributed by atoms with E-state index in [0.29, 0.717) is 5.92 Å². The Kier molecular flexibility index (Phi) is 5.48. The lowest BCUT2D eigenvalue weighted by Gasteiger charge is -2.35. The second kappa shape index (κ2) is 7.21. The maximum atomic E-state index is 13.7. The quantitative estimate of drug-likeness (QED) is 0.558. The van der Waals surface area contributed by atoms with E-state index in [9.17, 15) is 4.39 Å². The predicted octanol–water partition coefficient (Wildman–Crippen LogP) is 6.60. The fraction of sp³-hybridized carbons (Fsp3) is 0.364. The molecule has 1 aromatic heterocycles. The number of rotatable bonds is 3. The van der Waals surface area contributed by atoms with Crippen molar-refractivity contribution in [3.05, 3.63) is 71.2 Å². The van der Waals surface area contributed by atoms with Crippen molar-refractivity contribution in [3.63, 3.8) is 0 Å². The van der Waals surface area contributed by atoms with E-state index in [0.717, 1.165) is 16.5 Å². The number of nitrogens with one attached hydrogen (secondary N) is 1. The zero-order valence-electron chi connectivity index (χ0n) is 15.6. The van der Waals surface area contributed by atoms with E-state index in [1.54, 1.807) is 6.07 Å². The molecule has 0 saturated carbocycles. The summed E-state index contributed by atoms with van der Waals surface area (Å²) in [4.78, 5) is 3.29. The molecule has 0 aliphatic heterocycles. The molecule has 0 amide bonds. The van der Waals surface area contributed by atoms with Crippen LogP contribution < -0.4 is 0 Å². The molecule has 128 valence electrons. The number of hydrogen-bond acceptors (Lipinski definition) is 0. The van der Waals surface area contributed by atoms with Crippen LogP contribution in [0.15, 0.2) is 48.7 Å². The van der Waals surface area contributed by atoms with Crippen LogP contribution in [0.4, 0.5) is 4.39 Å². The van der Waals surface area contributed by atoms with Gasteiger partial charge in [-0.15, -0.1) is 0 Å². The minimum atomic E-state index is -0.191. The third kappa shape index (κ3) is 3.10. The third-order valence-corrected chi connectivity index (χ3v) is 5.01. The molecule has 0 radical (unpaired) electrons. The summed E-state index contributed by atoms with van der Waals surface area (Å²) in [5, 5.41) is 0.969. The van der Waals surface area contributed by atoms with Crippen molar-refractivity contribution in [1.29, 1.82) is 0 Å². The van der Waals surface area contributed by atoms with Crippen molar-refractivity contribution in [2.45, 2.75) is 47.0 Å². The van der Waals surface area contributed by atoms with Crippen LogP contribution in [0.3, 0.4) is 0 Å². The summed E-state index contributed by atoms with van der Waals surface area (Å²) in [6, 6.07) is 13.6. The molecule has 0 fully saturated rings. The Hall–Kier alpha value is -2.09. The molecule has 0 spiro atoms. The van der Waals surface area contributed by atoms with Gasteiger partial charge in [0.25, 0.3) is 0 Å². The Morgan fingerprint density at radius 3 is 2.21 bits per heavy atom.